The molecule has 0 aliphatic carbocycles. The molecule has 3 heterocycles. The van der Waals surface area contributed by atoms with E-state index in [9.17, 15) is 24.5 Å². The molecule has 0 radical (unpaired) electrons. The van der Waals surface area contributed by atoms with Crippen molar-refractivity contribution in [3.8, 4) is 11.5 Å². The maximum absolute atomic E-state index is 14.5. The van der Waals surface area contributed by atoms with Crippen LogP contribution in [-0.4, -0.2) is 78.4 Å². The van der Waals surface area contributed by atoms with Gasteiger partial charge in [-0.1, -0.05) is 12.1 Å². The first-order valence-corrected chi connectivity index (χ1v) is 13.8. The fourth-order valence-corrected chi connectivity index (χ4v) is 5.82. The Balaban J connectivity index is 1.52. The second-order valence-corrected chi connectivity index (χ2v) is 11.6. The molecule has 218 valence electrons. The summed E-state index contributed by atoms with van der Waals surface area (Å²) in [6.07, 6.45) is -5.30. The Labute approximate surface area is 233 Å². The van der Waals surface area contributed by atoms with E-state index in [-0.39, 0.29) is 6.09 Å². The van der Waals surface area contributed by atoms with Crippen molar-refractivity contribution in [1.29, 1.82) is 0 Å². The summed E-state index contributed by atoms with van der Waals surface area (Å²) in [5, 5.41) is 30.8. The molecule has 3 aliphatic rings. The Morgan fingerprint density at radius 2 is 1.95 bits per heavy atom. The third-order valence-electron chi connectivity index (χ3n) is 7.66. The number of amides is 1. The molecule has 40 heavy (non-hydrogen) atoms. The zero-order valence-corrected chi connectivity index (χ0v) is 23.4. The molecule has 1 fully saturated rings. The zero-order valence-electron chi connectivity index (χ0n) is 23.4. The second-order valence-electron chi connectivity index (χ2n) is 11.6. The van der Waals surface area contributed by atoms with Gasteiger partial charge in [0.2, 0.25) is 0 Å². The summed E-state index contributed by atoms with van der Waals surface area (Å²) in [5.41, 5.74) is 4.27. The Morgan fingerprint density at radius 3 is 2.65 bits per heavy atom. The number of anilines is 1. The number of aliphatic hydroxyl groups excluding tert-OH is 3. The third kappa shape index (κ3) is 5.37. The lowest BCUT2D eigenvalue weighted by molar-refractivity contribution is -0.214. The average Bonchev–Trinajstić information content (AvgIpc) is 3.41. The molecular formula is C30H38FNO8. The molecule has 5 atom stereocenters. The van der Waals surface area contributed by atoms with Crippen molar-refractivity contribution in [3.63, 3.8) is 0 Å². The number of aryl methyl sites for hydroxylation is 1. The topological polar surface area (TPSA) is 118 Å². The van der Waals surface area contributed by atoms with Crippen LogP contribution in [0.5, 0.6) is 11.5 Å². The van der Waals surface area contributed by atoms with Gasteiger partial charge in [0.1, 0.15) is 41.5 Å². The number of carbonyl (C=O) groups is 1. The van der Waals surface area contributed by atoms with Crippen molar-refractivity contribution >= 4 is 11.8 Å². The van der Waals surface area contributed by atoms with Crippen LogP contribution in [0.15, 0.2) is 24.3 Å². The first kappa shape index (κ1) is 28.6. The summed E-state index contributed by atoms with van der Waals surface area (Å²) in [6, 6.07) is 7.84. The van der Waals surface area contributed by atoms with E-state index < -0.39 is 42.8 Å². The van der Waals surface area contributed by atoms with Gasteiger partial charge in [-0.3, -0.25) is 4.90 Å². The molecule has 0 unspecified atom stereocenters. The van der Waals surface area contributed by atoms with E-state index in [0.717, 1.165) is 40.8 Å². The van der Waals surface area contributed by atoms with Crippen LogP contribution >= 0.6 is 0 Å². The van der Waals surface area contributed by atoms with Crippen LogP contribution in [0, 0.1) is 0 Å². The normalized spacial score (nSPS) is 26.1. The first-order valence-electron chi connectivity index (χ1n) is 13.8. The van der Waals surface area contributed by atoms with E-state index in [0.29, 0.717) is 43.1 Å². The molecule has 3 aliphatic heterocycles. The molecule has 1 saturated heterocycles. The molecule has 2 aromatic rings. The van der Waals surface area contributed by atoms with E-state index in [1.165, 1.54) is 7.11 Å². The van der Waals surface area contributed by atoms with Gasteiger partial charge in [0.15, 0.2) is 6.17 Å². The number of rotatable bonds is 5. The summed E-state index contributed by atoms with van der Waals surface area (Å²) >= 11 is 0. The number of carbonyl (C=O) groups excluding carboxylic acids is 1. The van der Waals surface area contributed by atoms with Crippen LogP contribution in [0.3, 0.4) is 0 Å². The summed E-state index contributed by atoms with van der Waals surface area (Å²) in [5.74, 6) is 1.12. The van der Waals surface area contributed by atoms with Gasteiger partial charge in [0.25, 0.3) is 0 Å². The first-order chi connectivity index (χ1) is 19.0. The van der Waals surface area contributed by atoms with Crippen LogP contribution in [0.2, 0.25) is 0 Å². The average molecular weight is 560 g/mol. The minimum atomic E-state index is -1.93. The lowest BCUT2D eigenvalue weighted by Gasteiger charge is -2.39. The number of halogens is 1. The van der Waals surface area contributed by atoms with Gasteiger partial charge in [-0.05, 0) is 62.4 Å². The van der Waals surface area contributed by atoms with Crippen molar-refractivity contribution < 1.29 is 43.5 Å². The van der Waals surface area contributed by atoms with Gasteiger partial charge in [-0.15, -0.1) is 0 Å². The van der Waals surface area contributed by atoms with Gasteiger partial charge >= 0.3 is 6.09 Å². The maximum Gasteiger partial charge on any atom is 0.414 e. The lowest BCUT2D eigenvalue weighted by atomic mass is 9.88. The summed E-state index contributed by atoms with van der Waals surface area (Å²) < 4.78 is 37.6. The monoisotopic (exact) mass is 559 g/mol. The third-order valence-corrected chi connectivity index (χ3v) is 7.66. The molecule has 0 saturated carbocycles. The van der Waals surface area contributed by atoms with Crippen molar-refractivity contribution in [1.82, 2.24) is 0 Å². The molecule has 1 amide bonds. The number of aliphatic hydroxyl groups is 3. The Hall–Kier alpha value is -2.92. The van der Waals surface area contributed by atoms with Gasteiger partial charge in [0.05, 0.1) is 26.0 Å². The molecule has 0 bridgehead atoms. The van der Waals surface area contributed by atoms with Gasteiger partial charge < -0.3 is 34.3 Å². The van der Waals surface area contributed by atoms with Crippen LogP contribution in [0.1, 0.15) is 61.1 Å². The fourth-order valence-electron chi connectivity index (χ4n) is 5.82. The Bertz CT molecular complexity index is 1260. The highest BCUT2D eigenvalue weighted by Crippen LogP contribution is 2.46. The molecule has 0 aromatic heterocycles. The van der Waals surface area contributed by atoms with Gasteiger partial charge in [-0.2, -0.15) is 0 Å². The minimum Gasteiger partial charge on any atom is -0.496 e. The predicted molar refractivity (Wildman–Crippen MR) is 145 cm³/mol. The molecule has 10 heteroatoms. The number of fused-ring (bicyclic) bond motifs is 2. The number of alkyl halides is 1. The smallest absolute Gasteiger partial charge is 0.414 e. The maximum atomic E-state index is 14.5. The Kier molecular flexibility index (Phi) is 7.98. The van der Waals surface area contributed by atoms with Crippen LogP contribution in [-0.2, 0) is 28.7 Å². The number of benzene rings is 2. The highest BCUT2D eigenvalue weighted by atomic mass is 19.1. The highest BCUT2D eigenvalue weighted by molar-refractivity contribution is 5.89. The molecule has 2 aromatic carbocycles. The molecule has 0 spiro atoms. The van der Waals surface area contributed by atoms with E-state index in [1.54, 1.807) is 11.0 Å². The van der Waals surface area contributed by atoms with Crippen molar-refractivity contribution in [2.75, 3.05) is 31.8 Å². The number of hydrogen-bond acceptors (Lipinski definition) is 8. The number of ether oxygens (including phenoxy) is 4. The summed E-state index contributed by atoms with van der Waals surface area (Å²) in [4.78, 5) is 14.7. The van der Waals surface area contributed by atoms with Gasteiger partial charge in [0, 0.05) is 30.5 Å². The van der Waals surface area contributed by atoms with Gasteiger partial charge in [-0.25, -0.2) is 9.18 Å². The Morgan fingerprint density at radius 1 is 1.18 bits per heavy atom. The lowest BCUT2D eigenvalue weighted by Crippen LogP contribution is -2.53. The van der Waals surface area contributed by atoms with Crippen molar-refractivity contribution in [2.45, 2.75) is 82.6 Å². The van der Waals surface area contributed by atoms with Crippen molar-refractivity contribution in [2.24, 2.45) is 0 Å². The number of nitrogens with zero attached hydrogens (tertiary/aromatic N) is 1. The molecule has 9 nitrogen and oxygen atoms in total. The number of hydrogen-bond donors (Lipinski definition) is 3. The van der Waals surface area contributed by atoms with Crippen LogP contribution < -0.4 is 14.4 Å². The predicted octanol–water partition coefficient (Wildman–Crippen LogP) is 3.40. The zero-order chi connectivity index (χ0) is 28.8. The molecule has 5 rings (SSSR count). The summed E-state index contributed by atoms with van der Waals surface area (Å²) in [6.45, 7) is 5.90. The summed E-state index contributed by atoms with van der Waals surface area (Å²) in [7, 11) is 1.50. The molecule has 3 N–H and O–H groups in total. The van der Waals surface area contributed by atoms with E-state index in [4.69, 9.17) is 18.9 Å². The van der Waals surface area contributed by atoms with Crippen LogP contribution in [0.25, 0.3) is 0 Å². The number of methoxy groups -OCH3 is 1. The van der Waals surface area contributed by atoms with Crippen molar-refractivity contribution in [3.05, 3.63) is 52.1 Å². The fraction of sp³-hybridized carbons (Fsp3) is 0.567. The SMILES string of the molecule is COc1c([C@@H]2O[C@H](CO)[C@@H](F)[C@H](O)[C@H]2O)cc(Cc2ccc3c(c2)N(C(=O)OC(C)(C)C)CCC3)c2c1CCO2. The highest BCUT2D eigenvalue weighted by Gasteiger charge is 2.46. The minimum absolute atomic E-state index is 0.381. The van der Waals surface area contributed by atoms with E-state index in [1.807, 2.05) is 39.0 Å². The van der Waals surface area contributed by atoms with Crippen LogP contribution in [0.4, 0.5) is 14.9 Å². The van der Waals surface area contributed by atoms with E-state index >= 15 is 0 Å². The second kappa shape index (κ2) is 11.2. The quantitative estimate of drug-likeness (QED) is 0.510. The largest absolute Gasteiger partial charge is 0.496 e. The molecular weight excluding hydrogens is 521 g/mol. The standard InChI is InChI=1S/C30H38FNO8/c1-30(2,3)40-29(36)32-10-5-6-17-8-7-16(13-21(17)32)12-18-14-20(27(37-4)19-9-11-38-26(18)19)28-25(35)24(34)23(31)22(15-33)39-28/h7-8,13-14,22-25,28,33-35H,5-6,9-12,15H2,1-4H3/t22-,23-,24+,25-,28+/m1/s1. The van der Waals surface area contributed by atoms with E-state index in [2.05, 4.69) is 0 Å².